The Bertz CT molecular complexity index is 681. The molecule has 0 saturated heterocycles. The molecule has 0 fully saturated rings. The Kier molecular flexibility index (Phi) is 3.88. The summed E-state index contributed by atoms with van der Waals surface area (Å²) in [7, 11) is 0. The van der Waals surface area contributed by atoms with Gasteiger partial charge in [0, 0.05) is 5.56 Å². The molecular formula is C15H13F3N2O. The zero-order chi connectivity index (χ0) is 15.6. The van der Waals surface area contributed by atoms with Crippen molar-refractivity contribution in [3.8, 4) is 11.5 Å². The van der Waals surface area contributed by atoms with Crippen LogP contribution in [-0.4, -0.2) is 5.84 Å². The fourth-order valence-electron chi connectivity index (χ4n) is 1.92. The highest BCUT2D eigenvalue weighted by Gasteiger charge is 2.34. The number of nitrogens with two attached hydrogens (primary N) is 1. The second-order valence-electron chi connectivity index (χ2n) is 4.49. The number of amidine groups is 1. The van der Waals surface area contributed by atoms with Gasteiger partial charge in [-0.25, -0.2) is 0 Å². The summed E-state index contributed by atoms with van der Waals surface area (Å²) in [4.78, 5) is 0. The maximum absolute atomic E-state index is 12.9. The maximum atomic E-state index is 12.9. The molecule has 0 aliphatic rings. The summed E-state index contributed by atoms with van der Waals surface area (Å²) in [6.45, 7) is 1.71. The minimum atomic E-state index is -4.48. The van der Waals surface area contributed by atoms with E-state index in [-0.39, 0.29) is 17.3 Å². The van der Waals surface area contributed by atoms with Gasteiger partial charge in [0.05, 0.1) is 5.56 Å². The highest BCUT2D eigenvalue weighted by molar-refractivity contribution is 5.96. The van der Waals surface area contributed by atoms with Gasteiger partial charge < -0.3 is 10.5 Å². The zero-order valence-electron chi connectivity index (χ0n) is 11.2. The lowest BCUT2D eigenvalue weighted by atomic mass is 10.1. The summed E-state index contributed by atoms with van der Waals surface area (Å²) in [5.41, 5.74) is 5.73. The lowest BCUT2D eigenvalue weighted by Crippen LogP contribution is -2.12. The van der Waals surface area contributed by atoms with E-state index in [1.807, 2.05) is 0 Å². The summed E-state index contributed by atoms with van der Waals surface area (Å²) < 4.78 is 43.9. The van der Waals surface area contributed by atoms with Gasteiger partial charge in [-0.1, -0.05) is 12.1 Å². The largest absolute Gasteiger partial charge is 0.457 e. The van der Waals surface area contributed by atoms with Crippen molar-refractivity contribution in [1.82, 2.24) is 0 Å². The summed E-state index contributed by atoms with van der Waals surface area (Å²) >= 11 is 0. The van der Waals surface area contributed by atoms with Gasteiger partial charge in [-0.15, -0.1) is 0 Å². The molecule has 0 amide bonds. The lowest BCUT2D eigenvalue weighted by molar-refractivity contribution is -0.138. The molecule has 0 spiro atoms. The van der Waals surface area contributed by atoms with E-state index in [0.29, 0.717) is 11.1 Å². The predicted octanol–water partition coefficient (Wildman–Crippen LogP) is 4.09. The van der Waals surface area contributed by atoms with Crippen LogP contribution in [0, 0.1) is 12.3 Å². The van der Waals surface area contributed by atoms with E-state index < -0.39 is 11.7 Å². The van der Waals surface area contributed by atoms with Gasteiger partial charge in [0.25, 0.3) is 0 Å². The Morgan fingerprint density at radius 1 is 1.14 bits per heavy atom. The SMILES string of the molecule is Cc1cc(Oc2ccccc2C(F)(F)F)ccc1C(=N)N. The molecule has 6 heteroatoms. The standard InChI is InChI=1S/C15H13F3N2O/c1-9-8-10(6-7-11(9)14(19)20)21-13-5-3-2-4-12(13)15(16,17)18/h2-8H,1H3,(H3,19,20). The van der Waals surface area contributed by atoms with Crippen molar-refractivity contribution >= 4 is 5.84 Å². The molecule has 0 aliphatic heterocycles. The monoisotopic (exact) mass is 294 g/mol. The molecule has 110 valence electrons. The van der Waals surface area contributed by atoms with E-state index in [9.17, 15) is 13.2 Å². The van der Waals surface area contributed by atoms with Gasteiger partial charge in [0.2, 0.25) is 0 Å². The molecule has 3 N–H and O–H groups in total. The number of hydrogen-bond acceptors (Lipinski definition) is 2. The van der Waals surface area contributed by atoms with Gasteiger partial charge in [-0.3, -0.25) is 5.41 Å². The molecule has 0 aliphatic carbocycles. The first-order valence-corrected chi connectivity index (χ1v) is 6.08. The van der Waals surface area contributed by atoms with Crippen LogP contribution in [0.4, 0.5) is 13.2 Å². The smallest absolute Gasteiger partial charge is 0.419 e. The minimum absolute atomic E-state index is 0.102. The number of aryl methyl sites for hydroxylation is 1. The fourth-order valence-corrected chi connectivity index (χ4v) is 1.92. The average molecular weight is 294 g/mol. The third kappa shape index (κ3) is 3.34. The summed E-state index contributed by atoms with van der Waals surface area (Å²) in [5.74, 6) is -0.107. The summed E-state index contributed by atoms with van der Waals surface area (Å²) in [6, 6.07) is 9.58. The zero-order valence-corrected chi connectivity index (χ0v) is 11.2. The first kappa shape index (κ1) is 14.9. The van der Waals surface area contributed by atoms with Gasteiger partial charge in [0.15, 0.2) is 0 Å². The first-order valence-electron chi connectivity index (χ1n) is 6.08. The van der Waals surface area contributed by atoms with Gasteiger partial charge in [-0.05, 0) is 42.8 Å². The molecular weight excluding hydrogens is 281 g/mol. The molecule has 0 aromatic heterocycles. The van der Waals surface area contributed by atoms with Gasteiger partial charge >= 0.3 is 6.18 Å². The van der Waals surface area contributed by atoms with E-state index in [4.69, 9.17) is 15.9 Å². The van der Waals surface area contributed by atoms with Crippen molar-refractivity contribution in [2.24, 2.45) is 5.73 Å². The maximum Gasteiger partial charge on any atom is 0.419 e. The van der Waals surface area contributed by atoms with Crippen molar-refractivity contribution in [3.05, 3.63) is 59.2 Å². The minimum Gasteiger partial charge on any atom is -0.457 e. The molecule has 0 radical (unpaired) electrons. The number of benzene rings is 2. The van der Waals surface area contributed by atoms with Gasteiger partial charge in [0.1, 0.15) is 17.3 Å². The number of para-hydroxylation sites is 1. The topological polar surface area (TPSA) is 59.1 Å². The van der Waals surface area contributed by atoms with Crippen molar-refractivity contribution < 1.29 is 17.9 Å². The molecule has 3 nitrogen and oxygen atoms in total. The Labute approximate surface area is 119 Å². The number of nitrogens with one attached hydrogen (secondary N) is 1. The normalized spacial score (nSPS) is 11.2. The Balaban J connectivity index is 2.35. The lowest BCUT2D eigenvalue weighted by Gasteiger charge is -2.14. The van der Waals surface area contributed by atoms with E-state index in [1.165, 1.54) is 24.3 Å². The third-order valence-electron chi connectivity index (χ3n) is 2.91. The number of ether oxygens (including phenoxy) is 1. The quantitative estimate of drug-likeness (QED) is 0.661. The van der Waals surface area contributed by atoms with Crippen LogP contribution >= 0.6 is 0 Å². The molecule has 2 aromatic rings. The number of alkyl halides is 3. The van der Waals surface area contributed by atoms with Crippen LogP contribution in [0.1, 0.15) is 16.7 Å². The molecule has 0 heterocycles. The first-order chi connectivity index (χ1) is 9.79. The molecule has 2 aromatic carbocycles. The second kappa shape index (κ2) is 5.47. The average Bonchev–Trinajstić information content (AvgIpc) is 2.37. The number of hydrogen-bond donors (Lipinski definition) is 2. The highest BCUT2D eigenvalue weighted by Crippen LogP contribution is 2.38. The molecule has 0 atom stereocenters. The van der Waals surface area contributed by atoms with Crippen LogP contribution in [0.5, 0.6) is 11.5 Å². The number of rotatable bonds is 3. The summed E-state index contributed by atoms with van der Waals surface area (Å²) in [6.07, 6.45) is -4.48. The van der Waals surface area contributed by atoms with Crippen LogP contribution in [-0.2, 0) is 6.18 Å². The number of nitrogen functional groups attached to an aromatic ring is 1. The van der Waals surface area contributed by atoms with Crippen LogP contribution < -0.4 is 10.5 Å². The van der Waals surface area contributed by atoms with Crippen molar-refractivity contribution in [2.45, 2.75) is 13.1 Å². The predicted molar refractivity (Wildman–Crippen MR) is 73.7 cm³/mol. The third-order valence-corrected chi connectivity index (χ3v) is 2.91. The Morgan fingerprint density at radius 3 is 2.38 bits per heavy atom. The number of halogens is 3. The van der Waals surface area contributed by atoms with E-state index in [1.54, 1.807) is 19.1 Å². The molecule has 0 bridgehead atoms. The van der Waals surface area contributed by atoms with Crippen molar-refractivity contribution in [3.63, 3.8) is 0 Å². The second-order valence-corrected chi connectivity index (χ2v) is 4.49. The van der Waals surface area contributed by atoms with Gasteiger partial charge in [-0.2, -0.15) is 13.2 Å². The van der Waals surface area contributed by atoms with E-state index in [2.05, 4.69) is 0 Å². The molecule has 2 rings (SSSR count). The Morgan fingerprint density at radius 2 is 1.81 bits per heavy atom. The molecule has 0 unspecified atom stereocenters. The molecule has 0 saturated carbocycles. The van der Waals surface area contributed by atoms with Crippen LogP contribution in [0.3, 0.4) is 0 Å². The Hall–Kier alpha value is -2.50. The van der Waals surface area contributed by atoms with Crippen LogP contribution in [0.2, 0.25) is 0 Å². The van der Waals surface area contributed by atoms with Crippen LogP contribution in [0.25, 0.3) is 0 Å². The van der Waals surface area contributed by atoms with E-state index >= 15 is 0 Å². The molecule has 21 heavy (non-hydrogen) atoms. The van der Waals surface area contributed by atoms with E-state index in [0.717, 1.165) is 6.07 Å². The van der Waals surface area contributed by atoms with Crippen LogP contribution in [0.15, 0.2) is 42.5 Å². The summed E-state index contributed by atoms with van der Waals surface area (Å²) in [5, 5.41) is 7.37. The highest BCUT2D eigenvalue weighted by atomic mass is 19.4. The van der Waals surface area contributed by atoms with Crippen molar-refractivity contribution in [2.75, 3.05) is 0 Å². The van der Waals surface area contributed by atoms with Crippen molar-refractivity contribution in [1.29, 1.82) is 5.41 Å². The fraction of sp³-hybridized carbons (Fsp3) is 0.133.